The average Bonchev–Trinajstić information content (AvgIpc) is 2.42. The summed E-state index contributed by atoms with van der Waals surface area (Å²) in [6.07, 6.45) is -0.108. The molecule has 5 heteroatoms. The molecular formula is C15H21NO3S. The summed E-state index contributed by atoms with van der Waals surface area (Å²) in [7, 11) is 0. The van der Waals surface area contributed by atoms with Crippen LogP contribution in [0.2, 0.25) is 0 Å². The molecule has 1 aliphatic heterocycles. The Balaban J connectivity index is 2.23. The molecule has 1 aromatic carbocycles. The number of carbonyl (C=O) groups excluding carboxylic acids is 1. The molecule has 1 amide bonds. The van der Waals surface area contributed by atoms with Gasteiger partial charge in [-0.2, -0.15) is 12.6 Å². The fourth-order valence-electron chi connectivity index (χ4n) is 2.64. The molecule has 1 fully saturated rings. The number of aliphatic hydroxyl groups is 1. The SMILES string of the molecule is CC1NC(=O)OC(C(C)(S)CO)C1Cc1ccccc1. The standard InChI is InChI=1S/C15H21NO3S/c1-10-12(8-11-6-4-3-5-7-11)13(15(2,20)9-17)19-14(18)16-10/h3-7,10,12-13,17,20H,8-9H2,1-2H3,(H,16,18). The molecule has 0 aliphatic carbocycles. The number of thiol groups is 1. The molecular weight excluding hydrogens is 274 g/mol. The van der Waals surface area contributed by atoms with Gasteiger partial charge in [-0.1, -0.05) is 30.3 Å². The van der Waals surface area contributed by atoms with Crippen molar-refractivity contribution in [3.05, 3.63) is 35.9 Å². The molecule has 110 valence electrons. The highest BCUT2D eigenvalue weighted by molar-refractivity contribution is 7.81. The van der Waals surface area contributed by atoms with Gasteiger partial charge in [0.15, 0.2) is 0 Å². The lowest BCUT2D eigenvalue weighted by Crippen LogP contribution is -2.59. The lowest BCUT2D eigenvalue weighted by molar-refractivity contribution is -0.0116. The molecule has 0 spiro atoms. The predicted molar refractivity (Wildman–Crippen MR) is 81.0 cm³/mol. The summed E-state index contributed by atoms with van der Waals surface area (Å²) in [5.74, 6) is 0.0600. The van der Waals surface area contributed by atoms with E-state index in [0.717, 1.165) is 6.42 Å². The van der Waals surface area contributed by atoms with E-state index in [1.54, 1.807) is 6.92 Å². The van der Waals surface area contributed by atoms with Gasteiger partial charge in [0, 0.05) is 12.0 Å². The maximum absolute atomic E-state index is 11.6. The molecule has 2 N–H and O–H groups in total. The van der Waals surface area contributed by atoms with E-state index < -0.39 is 16.9 Å². The Morgan fingerprint density at radius 2 is 2.05 bits per heavy atom. The summed E-state index contributed by atoms with van der Waals surface area (Å²) in [4.78, 5) is 11.6. The minimum Gasteiger partial charge on any atom is -0.444 e. The predicted octanol–water partition coefficient (Wildman–Crippen LogP) is 2.02. The third-order valence-electron chi connectivity index (χ3n) is 3.86. The third-order valence-corrected chi connectivity index (χ3v) is 4.25. The van der Waals surface area contributed by atoms with Crippen LogP contribution in [0.3, 0.4) is 0 Å². The highest BCUT2D eigenvalue weighted by Gasteiger charge is 2.45. The lowest BCUT2D eigenvalue weighted by Gasteiger charge is -2.43. The van der Waals surface area contributed by atoms with E-state index in [9.17, 15) is 9.90 Å². The summed E-state index contributed by atoms with van der Waals surface area (Å²) in [6.45, 7) is 3.61. The zero-order valence-corrected chi connectivity index (χ0v) is 12.6. The molecule has 1 heterocycles. The first-order chi connectivity index (χ1) is 9.44. The zero-order valence-electron chi connectivity index (χ0n) is 11.7. The van der Waals surface area contributed by atoms with E-state index in [1.807, 2.05) is 25.1 Å². The average molecular weight is 295 g/mol. The maximum Gasteiger partial charge on any atom is 0.407 e. The van der Waals surface area contributed by atoms with Crippen LogP contribution in [0.4, 0.5) is 4.79 Å². The molecule has 20 heavy (non-hydrogen) atoms. The van der Waals surface area contributed by atoms with Crippen molar-refractivity contribution >= 4 is 18.7 Å². The molecule has 0 radical (unpaired) electrons. The minimum atomic E-state index is -0.758. The third kappa shape index (κ3) is 3.27. The van der Waals surface area contributed by atoms with Crippen LogP contribution in [0.5, 0.6) is 0 Å². The zero-order chi connectivity index (χ0) is 14.8. The Morgan fingerprint density at radius 1 is 1.40 bits per heavy atom. The van der Waals surface area contributed by atoms with Gasteiger partial charge in [0.05, 0.1) is 11.4 Å². The number of alkyl carbamates (subject to hydrolysis) is 1. The van der Waals surface area contributed by atoms with Crippen molar-refractivity contribution in [2.45, 2.75) is 37.2 Å². The second kappa shape index (κ2) is 6.06. The molecule has 0 bridgehead atoms. The molecule has 1 saturated heterocycles. The van der Waals surface area contributed by atoms with Gasteiger partial charge in [0.25, 0.3) is 0 Å². The topological polar surface area (TPSA) is 58.6 Å². The lowest BCUT2D eigenvalue weighted by atomic mass is 9.81. The van der Waals surface area contributed by atoms with Gasteiger partial charge in [0.1, 0.15) is 6.10 Å². The molecule has 2 rings (SSSR count). The van der Waals surface area contributed by atoms with Gasteiger partial charge in [-0.25, -0.2) is 4.79 Å². The molecule has 4 atom stereocenters. The van der Waals surface area contributed by atoms with Crippen molar-refractivity contribution in [1.29, 1.82) is 0 Å². The quantitative estimate of drug-likeness (QED) is 0.745. The van der Waals surface area contributed by atoms with Gasteiger partial charge >= 0.3 is 6.09 Å². The summed E-state index contributed by atoms with van der Waals surface area (Å²) in [5.41, 5.74) is 1.18. The molecule has 0 aromatic heterocycles. The van der Waals surface area contributed by atoms with E-state index in [2.05, 4.69) is 30.1 Å². The number of amides is 1. The van der Waals surface area contributed by atoms with E-state index in [0.29, 0.717) is 0 Å². The monoisotopic (exact) mass is 295 g/mol. The van der Waals surface area contributed by atoms with Crippen molar-refractivity contribution in [3.8, 4) is 0 Å². The fraction of sp³-hybridized carbons (Fsp3) is 0.533. The molecule has 0 saturated carbocycles. The fourth-order valence-corrected chi connectivity index (χ4v) is 2.88. The second-order valence-electron chi connectivity index (χ2n) is 5.63. The second-order valence-corrected chi connectivity index (χ2v) is 6.65. The van der Waals surface area contributed by atoms with E-state index in [1.165, 1.54) is 5.56 Å². The number of benzene rings is 1. The minimum absolute atomic E-state index is 0.0283. The van der Waals surface area contributed by atoms with Crippen LogP contribution in [0.1, 0.15) is 19.4 Å². The number of rotatable bonds is 4. The number of aliphatic hydroxyl groups excluding tert-OH is 1. The highest BCUT2D eigenvalue weighted by Crippen LogP contribution is 2.33. The van der Waals surface area contributed by atoms with Gasteiger partial charge in [-0.15, -0.1) is 0 Å². The van der Waals surface area contributed by atoms with E-state index in [4.69, 9.17) is 4.74 Å². The van der Waals surface area contributed by atoms with E-state index in [-0.39, 0.29) is 18.6 Å². The number of ether oxygens (including phenoxy) is 1. The van der Waals surface area contributed by atoms with Crippen LogP contribution in [0, 0.1) is 5.92 Å². The van der Waals surface area contributed by atoms with Gasteiger partial charge in [-0.05, 0) is 25.8 Å². The molecule has 1 aromatic rings. The summed E-state index contributed by atoms with van der Waals surface area (Å²) in [6, 6.07) is 10.0. The Hall–Kier alpha value is -1.20. The van der Waals surface area contributed by atoms with Crippen LogP contribution in [0.25, 0.3) is 0 Å². The first-order valence-corrected chi connectivity index (χ1v) is 7.23. The number of hydrogen-bond donors (Lipinski definition) is 3. The molecule has 4 unspecified atom stereocenters. The number of carbonyl (C=O) groups is 1. The molecule has 4 nitrogen and oxygen atoms in total. The summed E-state index contributed by atoms with van der Waals surface area (Å²) < 4.78 is 4.65. The summed E-state index contributed by atoms with van der Waals surface area (Å²) >= 11 is 4.48. The van der Waals surface area contributed by atoms with Crippen molar-refractivity contribution < 1.29 is 14.6 Å². The van der Waals surface area contributed by atoms with Crippen molar-refractivity contribution in [2.75, 3.05) is 6.61 Å². The van der Waals surface area contributed by atoms with Crippen molar-refractivity contribution in [1.82, 2.24) is 5.32 Å². The van der Waals surface area contributed by atoms with Crippen LogP contribution in [-0.2, 0) is 11.2 Å². The van der Waals surface area contributed by atoms with Crippen LogP contribution < -0.4 is 5.32 Å². The number of nitrogens with one attached hydrogen (secondary N) is 1. The summed E-state index contributed by atoms with van der Waals surface area (Å²) in [5, 5.41) is 12.3. The smallest absolute Gasteiger partial charge is 0.407 e. The van der Waals surface area contributed by atoms with Crippen molar-refractivity contribution in [3.63, 3.8) is 0 Å². The van der Waals surface area contributed by atoms with E-state index >= 15 is 0 Å². The Morgan fingerprint density at radius 3 is 2.65 bits per heavy atom. The largest absolute Gasteiger partial charge is 0.444 e. The number of hydrogen-bond acceptors (Lipinski definition) is 4. The van der Waals surface area contributed by atoms with Crippen molar-refractivity contribution in [2.24, 2.45) is 5.92 Å². The normalized spacial score (nSPS) is 29.2. The van der Waals surface area contributed by atoms with Crippen LogP contribution in [0.15, 0.2) is 30.3 Å². The Labute approximate surface area is 124 Å². The first-order valence-electron chi connectivity index (χ1n) is 6.78. The van der Waals surface area contributed by atoms with Gasteiger partial charge < -0.3 is 15.2 Å². The Kier molecular flexibility index (Phi) is 4.60. The number of cyclic esters (lactones) is 1. The Bertz CT molecular complexity index is 463. The highest BCUT2D eigenvalue weighted by atomic mass is 32.1. The van der Waals surface area contributed by atoms with Crippen LogP contribution >= 0.6 is 12.6 Å². The van der Waals surface area contributed by atoms with Gasteiger partial charge in [-0.3, -0.25) is 0 Å². The first kappa shape index (κ1) is 15.2. The maximum atomic E-state index is 11.6. The van der Waals surface area contributed by atoms with Gasteiger partial charge in [0.2, 0.25) is 0 Å². The molecule has 1 aliphatic rings. The van der Waals surface area contributed by atoms with Crippen LogP contribution in [-0.4, -0.2) is 34.7 Å².